The molecule has 0 radical (unpaired) electrons. The molecule has 1 atom stereocenters. The highest BCUT2D eigenvalue weighted by atomic mass is 19.1. The molecule has 8 nitrogen and oxygen atoms in total. The van der Waals surface area contributed by atoms with Crippen LogP contribution < -0.4 is 10.2 Å². The number of carbonyl (C=O) groups excluding carboxylic acids is 2. The van der Waals surface area contributed by atoms with Crippen LogP contribution in [0.15, 0.2) is 48.8 Å². The van der Waals surface area contributed by atoms with Crippen molar-refractivity contribution in [3.05, 3.63) is 77.0 Å². The monoisotopic (exact) mass is 437 g/mol. The summed E-state index contributed by atoms with van der Waals surface area (Å²) >= 11 is 0. The summed E-state index contributed by atoms with van der Waals surface area (Å²) < 4.78 is 15.8. The molecule has 0 fully saturated rings. The largest absolute Gasteiger partial charge is 0.396 e. The molecule has 0 aliphatic carbocycles. The highest BCUT2D eigenvalue weighted by molar-refractivity contribution is 6.01. The molecule has 1 unspecified atom stereocenters. The highest BCUT2D eigenvalue weighted by Crippen LogP contribution is 2.23. The number of aliphatic hydroxyl groups is 1. The molecule has 1 aliphatic heterocycles. The summed E-state index contributed by atoms with van der Waals surface area (Å²) in [6, 6.07) is 10.4. The van der Waals surface area contributed by atoms with Crippen LogP contribution >= 0.6 is 0 Å². The van der Waals surface area contributed by atoms with Gasteiger partial charge in [-0.2, -0.15) is 5.10 Å². The normalized spacial score (nSPS) is 15.9. The average Bonchev–Trinajstić information content (AvgIpc) is 3.12. The predicted molar refractivity (Wildman–Crippen MR) is 116 cm³/mol. The maximum Gasteiger partial charge on any atom is 0.275 e. The van der Waals surface area contributed by atoms with Gasteiger partial charge in [0.25, 0.3) is 5.91 Å². The maximum atomic E-state index is 14.5. The summed E-state index contributed by atoms with van der Waals surface area (Å²) in [5.41, 5.74) is 2.45. The Bertz CT molecular complexity index is 1130. The Morgan fingerprint density at radius 2 is 2.00 bits per heavy atom. The smallest absolute Gasteiger partial charge is 0.275 e. The third kappa shape index (κ3) is 4.52. The van der Waals surface area contributed by atoms with Gasteiger partial charge in [-0.3, -0.25) is 19.2 Å². The zero-order valence-electron chi connectivity index (χ0n) is 17.7. The van der Waals surface area contributed by atoms with Crippen molar-refractivity contribution in [2.45, 2.75) is 31.8 Å². The van der Waals surface area contributed by atoms with Crippen molar-refractivity contribution < 1.29 is 19.1 Å². The van der Waals surface area contributed by atoms with Gasteiger partial charge in [0, 0.05) is 19.9 Å². The van der Waals surface area contributed by atoms with Crippen LogP contribution in [0.25, 0.3) is 0 Å². The Balaban J connectivity index is 1.45. The zero-order valence-corrected chi connectivity index (χ0v) is 17.7. The zero-order chi connectivity index (χ0) is 22.7. The molecule has 3 aromatic rings. The van der Waals surface area contributed by atoms with Crippen molar-refractivity contribution in [1.82, 2.24) is 20.1 Å². The van der Waals surface area contributed by atoms with Crippen LogP contribution in [-0.4, -0.2) is 51.4 Å². The molecular weight excluding hydrogens is 413 g/mol. The standard InChI is InChI=1S/C23H24FN5O3/c1-28-21-17(3-2-11-25-21)8-9-19(23(28)32)26-22(31)20-18(24)14-29(27-20)13-16-6-4-15(5-7-16)10-12-30/h2-7,11,14,19,30H,8-10,12-13H2,1H3,(H,26,31). The Labute approximate surface area is 184 Å². The number of hydrogen-bond acceptors (Lipinski definition) is 5. The third-order valence-electron chi connectivity index (χ3n) is 5.52. The van der Waals surface area contributed by atoms with E-state index in [2.05, 4.69) is 15.4 Å². The first-order valence-electron chi connectivity index (χ1n) is 10.4. The SMILES string of the molecule is CN1C(=O)C(NC(=O)c2nn(Cc3ccc(CCO)cc3)cc2F)CCc2cccnc21. The summed E-state index contributed by atoms with van der Waals surface area (Å²) in [6.07, 6.45) is 4.29. The van der Waals surface area contributed by atoms with Crippen LogP contribution in [-0.2, 0) is 24.2 Å². The number of aliphatic hydroxyl groups excluding tert-OH is 1. The molecule has 9 heteroatoms. The van der Waals surface area contributed by atoms with Gasteiger partial charge in [0.2, 0.25) is 5.91 Å². The first-order chi connectivity index (χ1) is 15.5. The number of halogens is 1. The molecule has 2 amide bonds. The minimum Gasteiger partial charge on any atom is -0.396 e. The van der Waals surface area contributed by atoms with Crippen molar-refractivity contribution in [1.29, 1.82) is 0 Å². The Hall–Kier alpha value is -3.59. The van der Waals surface area contributed by atoms with E-state index in [1.807, 2.05) is 30.3 Å². The van der Waals surface area contributed by atoms with Crippen molar-refractivity contribution in [3.8, 4) is 0 Å². The highest BCUT2D eigenvalue weighted by Gasteiger charge is 2.31. The van der Waals surface area contributed by atoms with Crippen molar-refractivity contribution >= 4 is 17.6 Å². The quantitative estimate of drug-likeness (QED) is 0.612. The van der Waals surface area contributed by atoms with Gasteiger partial charge in [-0.1, -0.05) is 30.3 Å². The number of aryl methyl sites for hydroxylation is 1. The minimum absolute atomic E-state index is 0.0735. The van der Waals surface area contributed by atoms with Gasteiger partial charge in [0.1, 0.15) is 11.9 Å². The fourth-order valence-corrected chi connectivity index (χ4v) is 3.81. The fourth-order valence-electron chi connectivity index (χ4n) is 3.81. The van der Waals surface area contributed by atoms with Crippen molar-refractivity contribution in [3.63, 3.8) is 0 Å². The van der Waals surface area contributed by atoms with E-state index >= 15 is 0 Å². The number of anilines is 1. The van der Waals surface area contributed by atoms with Crippen LogP contribution in [0.5, 0.6) is 0 Å². The summed E-state index contributed by atoms with van der Waals surface area (Å²) in [5, 5.41) is 15.7. The lowest BCUT2D eigenvalue weighted by Gasteiger charge is -2.20. The van der Waals surface area contributed by atoms with Crippen LogP contribution in [0, 0.1) is 5.82 Å². The second-order valence-electron chi connectivity index (χ2n) is 7.76. The first kappa shape index (κ1) is 21.6. The summed E-state index contributed by atoms with van der Waals surface area (Å²) in [6.45, 7) is 0.361. The van der Waals surface area contributed by atoms with Gasteiger partial charge in [0.15, 0.2) is 11.5 Å². The molecule has 4 rings (SSSR count). The molecule has 32 heavy (non-hydrogen) atoms. The van der Waals surface area contributed by atoms with Gasteiger partial charge in [-0.15, -0.1) is 0 Å². The number of nitrogens with one attached hydrogen (secondary N) is 1. The minimum atomic E-state index is -0.801. The lowest BCUT2D eigenvalue weighted by molar-refractivity contribution is -0.120. The second-order valence-corrected chi connectivity index (χ2v) is 7.76. The van der Waals surface area contributed by atoms with Gasteiger partial charge in [-0.25, -0.2) is 9.37 Å². The molecular formula is C23H24FN5O3. The molecule has 0 saturated carbocycles. The van der Waals surface area contributed by atoms with Crippen LogP contribution in [0.2, 0.25) is 0 Å². The van der Waals surface area contributed by atoms with E-state index in [1.54, 1.807) is 19.3 Å². The predicted octanol–water partition coefficient (Wildman–Crippen LogP) is 1.71. The van der Waals surface area contributed by atoms with Crippen LogP contribution in [0.3, 0.4) is 0 Å². The second kappa shape index (κ2) is 9.27. The Morgan fingerprint density at radius 1 is 1.25 bits per heavy atom. The molecule has 166 valence electrons. The van der Waals surface area contributed by atoms with Crippen molar-refractivity contribution in [2.75, 3.05) is 18.6 Å². The number of likely N-dealkylation sites (N-methyl/N-ethyl adjacent to an activating group) is 1. The third-order valence-corrected chi connectivity index (χ3v) is 5.52. The Kier molecular flexibility index (Phi) is 6.27. The van der Waals surface area contributed by atoms with Gasteiger partial charge < -0.3 is 10.4 Å². The van der Waals surface area contributed by atoms with Gasteiger partial charge in [-0.05, 0) is 42.0 Å². The van der Waals surface area contributed by atoms with E-state index in [4.69, 9.17) is 5.11 Å². The van der Waals surface area contributed by atoms with E-state index in [0.717, 1.165) is 22.9 Å². The van der Waals surface area contributed by atoms with Crippen molar-refractivity contribution in [2.24, 2.45) is 0 Å². The van der Waals surface area contributed by atoms with E-state index < -0.39 is 17.8 Å². The molecule has 1 aliphatic rings. The number of fused-ring (bicyclic) bond motifs is 1. The van der Waals surface area contributed by atoms with E-state index in [1.165, 1.54) is 9.58 Å². The number of rotatable bonds is 6. The number of hydrogen-bond donors (Lipinski definition) is 2. The number of amides is 2. The number of benzene rings is 1. The fraction of sp³-hybridized carbons (Fsp3) is 0.304. The molecule has 2 N–H and O–H groups in total. The topological polar surface area (TPSA) is 100 Å². The molecule has 0 saturated heterocycles. The summed E-state index contributed by atoms with van der Waals surface area (Å²) in [5.74, 6) is -1.22. The number of carbonyl (C=O) groups is 2. The van der Waals surface area contributed by atoms with Crippen LogP contribution in [0.1, 0.15) is 33.6 Å². The van der Waals surface area contributed by atoms with Gasteiger partial charge in [0.05, 0.1) is 12.7 Å². The van der Waals surface area contributed by atoms with Crippen LogP contribution in [0.4, 0.5) is 10.2 Å². The maximum absolute atomic E-state index is 14.5. The first-order valence-corrected chi connectivity index (χ1v) is 10.4. The van der Waals surface area contributed by atoms with E-state index in [0.29, 0.717) is 25.1 Å². The summed E-state index contributed by atoms with van der Waals surface area (Å²) in [4.78, 5) is 31.2. The molecule has 0 spiro atoms. The lowest BCUT2D eigenvalue weighted by atomic mass is 10.1. The molecule has 2 aromatic heterocycles. The molecule has 1 aromatic carbocycles. The molecule has 3 heterocycles. The Morgan fingerprint density at radius 3 is 2.75 bits per heavy atom. The summed E-state index contributed by atoms with van der Waals surface area (Å²) in [7, 11) is 1.61. The molecule has 0 bridgehead atoms. The lowest BCUT2D eigenvalue weighted by Crippen LogP contribution is -2.47. The van der Waals surface area contributed by atoms with E-state index in [9.17, 15) is 14.0 Å². The van der Waals surface area contributed by atoms with E-state index in [-0.39, 0.29) is 24.8 Å². The number of nitrogens with zero attached hydrogens (tertiary/aromatic N) is 4. The van der Waals surface area contributed by atoms with Gasteiger partial charge >= 0.3 is 0 Å². The number of aromatic nitrogens is 3. The average molecular weight is 437 g/mol. The number of pyridine rings is 1.